The summed E-state index contributed by atoms with van der Waals surface area (Å²) < 4.78 is 13.1. The average molecular weight is 401 g/mol. The van der Waals surface area contributed by atoms with E-state index in [9.17, 15) is 4.79 Å². The van der Waals surface area contributed by atoms with Gasteiger partial charge in [-0.15, -0.1) is 0 Å². The molecule has 0 atom stereocenters. The molecule has 0 bridgehead atoms. The Hall–Kier alpha value is -1.77. The van der Waals surface area contributed by atoms with Gasteiger partial charge in [0, 0.05) is 23.0 Å². The first-order valence-electron chi connectivity index (χ1n) is 6.22. The third kappa shape index (κ3) is 3.46. The third-order valence-corrected chi connectivity index (χ3v) is 3.94. The van der Waals surface area contributed by atoms with E-state index in [0.29, 0.717) is 23.6 Å². The van der Waals surface area contributed by atoms with Crippen LogP contribution in [0.1, 0.15) is 16.2 Å². The Labute approximate surface area is 136 Å². The smallest absolute Gasteiger partial charge is 0.252 e. The van der Waals surface area contributed by atoms with Gasteiger partial charge < -0.3 is 19.4 Å². The Kier molecular flexibility index (Phi) is 5.05. The van der Waals surface area contributed by atoms with Crippen molar-refractivity contribution >= 4 is 28.5 Å². The van der Waals surface area contributed by atoms with Crippen LogP contribution < -0.4 is 14.8 Å². The Balaban J connectivity index is 2.17. The van der Waals surface area contributed by atoms with Crippen LogP contribution >= 0.6 is 22.6 Å². The molecule has 0 saturated heterocycles. The molecule has 21 heavy (non-hydrogen) atoms. The van der Waals surface area contributed by atoms with Crippen LogP contribution in [-0.4, -0.2) is 29.7 Å². The highest BCUT2D eigenvalue weighted by molar-refractivity contribution is 14.1. The molecule has 2 rings (SSSR count). The summed E-state index contributed by atoms with van der Waals surface area (Å²) in [5.41, 5.74) is 0.544. The summed E-state index contributed by atoms with van der Waals surface area (Å²) in [4.78, 5) is 16.5. The van der Waals surface area contributed by atoms with Crippen molar-refractivity contribution in [2.45, 2.75) is 6.54 Å². The fraction of sp³-hybridized carbons (Fsp3) is 0.286. The summed E-state index contributed by atoms with van der Waals surface area (Å²) in [5.74, 6) is 1.74. The normalized spacial score (nSPS) is 10.3. The lowest BCUT2D eigenvalue weighted by atomic mass is 10.2. The minimum Gasteiger partial charge on any atom is -0.493 e. The highest BCUT2D eigenvalue weighted by Gasteiger charge is 2.15. The lowest BCUT2D eigenvalue weighted by molar-refractivity contribution is 0.0948. The fourth-order valence-corrected chi connectivity index (χ4v) is 2.53. The Morgan fingerprint density at radius 2 is 2.00 bits per heavy atom. The van der Waals surface area contributed by atoms with Gasteiger partial charge in [-0.1, -0.05) is 0 Å². The first-order valence-corrected chi connectivity index (χ1v) is 7.30. The van der Waals surface area contributed by atoms with Crippen molar-refractivity contribution < 1.29 is 14.3 Å². The minimum absolute atomic E-state index is 0.177. The standard InChI is InChI=1S/C14H16IN3O3/c1-18-5-4-16-13(18)8-17-14(19)9-6-11(20-2)12(21-3)7-10(9)15/h4-7H,8H2,1-3H3,(H,17,19). The fourth-order valence-electron chi connectivity index (χ4n) is 1.85. The van der Waals surface area contributed by atoms with E-state index >= 15 is 0 Å². The van der Waals surface area contributed by atoms with Crippen molar-refractivity contribution in [3.05, 3.63) is 39.5 Å². The summed E-state index contributed by atoms with van der Waals surface area (Å²) in [7, 11) is 4.99. The van der Waals surface area contributed by atoms with Crippen molar-refractivity contribution in [2.24, 2.45) is 7.05 Å². The van der Waals surface area contributed by atoms with Crippen molar-refractivity contribution in [1.82, 2.24) is 14.9 Å². The number of aryl methyl sites for hydroxylation is 1. The van der Waals surface area contributed by atoms with Crippen LogP contribution in [0.25, 0.3) is 0 Å². The molecular formula is C14H16IN3O3. The van der Waals surface area contributed by atoms with Crippen LogP contribution in [0.15, 0.2) is 24.5 Å². The molecule has 0 spiro atoms. The van der Waals surface area contributed by atoms with E-state index in [-0.39, 0.29) is 5.91 Å². The zero-order valence-electron chi connectivity index (χ0n) is 12.0. The van der Waals surface area contributed by atoms with Gasteiger partial charge in [-0.3, -0.25) is 4.79 Å². The predicted octanol–water partition coefficient (Wildman–Crippen LogP) is 1.97. The zero-order chi connectivity index (χ0) is 15.4. The van der Waals surface area contributed by atoms with Gasteiger partial charge in [0.05, 0.1) is 26.3 Å². The number of ether oxygens (including phenoxy) is 2. The van der Waals surface area contributed by atoms with E-state index in [1.807, 2.05) is 17.8 Å². The summed E-state index contributed by atoms with van der Waals surface area (Å²) in [6, 6.07) is 3.45. The lowest BCUT2D eigenvalue weighted by Gasteiger charge is -2.12. The predicted molar refractivity (Wildman–Crippen MR) is 86.6 cm³/mol. The Morgan fingerprint density at radius 1 is 1.33 bits per heavy atom. The molecule has 1 heterocycles. The first kappa shape index (κ1) is 15.6. The number of methoxy groups -OCH3 is 2. The molecule has 0 aliphatic heterocycles. The molecule has 1 amide bonds. The second-order valence-corrected chi connectivity index (χ2v) is 5.49. The number of imidazole rings is 1. The van der Waals surface area contributed by atoms with Gasteiger partial charge in [0.25, 0.3) is 5.91 Å². The van der Waals surface area contributed by atoms with Crippen LogP contribution in [0.3, 0.4) is 0 Å². The monoisotopic (exact) mass is 401 g/mol. The number of amides is 1. The highest BCUT2D eigenvalue weighted by Crippen LogP contribution is 2.31. The molecule has 6 nitrogen and oxygen atoms in total. The van der Waals surface area contributed by atoms with Crippen LogP contribution in [0.2, 0.25) is 0 Å². The number of benzene rings is 1. The molecule has 1 N–H and O–H groups in total. The number of halogens is 1. The molecule has 0 fully saturated rings. The van der Waals surface area contributed by atoms with Crippen LogP contribution in [-0.2, 0) is 13.6 Å². The maximum atomic E-state index is 12.3. The van der Waals surface area contributed by atoms with Crippen molar-refractivity contribution in [2.75, 3.05) is 14.2 Å². The highest BCUT2D eigenvalue weighted by atomic mass is 127. The maximum absolute atomic E-state index is 12.3. The number of aromatic nitrogens is 2. The van der Waals surface area contributed by atoms with Gasteiger partial charge in [0.2, 0.25) is 0 Å². The molecule has 0 unspecified atom stereocenters. The Bertz CT molecular complexity index is 655. The molecule has 0 saturated carbocycles. The molecule has 7 heteroatoms. The lowest BCUT2D eigenvalue weighted by Crippen LogP contribution is -2.25. The van der Waals surface area contributed by atoms with Gasteiger partial charge in [-0.25, -0.2) is 4.98 Å². The molecule has 0 aliphatic rings. The molecule has 0 radical (unpaired) electrons. The van der Waals surface area contributed by atoms with E-state index in [2.05, 4.69) is 32.9 Å². The van der Waals surface area contributed by atoms with Crippen LogP contribution in [0.5, 0.6) is 11.5 Å². The number of rotatable bonds is 5. The largest absolute Gasteiger partial charge is 0.493 e. The van der Waals surface area contributed by atoms with E-state index in [1.54, 1.807) is 32.5 Å². The van der Waals surface area contributed by atoms with Crippen LogP contribution in [0, 0.1) is 3.57 Å². The summed E-state index contributed by atoms with van der Waals surface area (Å²) in [6.07, 6.45) is 3.53. The maximum Gasteiger partial charge on any atom is 0.252 e. The number of carbonyl (C=O) groups is 1. The molecule has 1 aromatic heterocycles. The van der Waals surface area contributed by atoms with Crippen molar-refractivity contribution in [3.63, 3.8) is 0 Å². The average Bonchev–Trinajstić information content (AvgIpc) is 2.89. The third-order valence-electron chi connectivity index (χ3n) is 3.05. The number of nitrogens with zero attached hydrogens (tertiary/aromatic N) is 2. The van der Waals surface area contributed by atoms with Gasteiger partial charge in [-0.05, 0) is 34.7 Å². The molecular weight excluding hydrogens is 385 g/mol. The van der Waals surface area contributed by atoms with E-state index in [0.717, 1.165) is 9.39 Å². The van der Waals surface area contributed by atoms with Gasteiger partial charge in [0.15, 0.2) is 11.5 Å². The molecule has 112 valence electrons. The van der Waals surface area contributed by atoms with Crippen molar-refractivity contribution in [3.8, 4) is 11.5 Å². The van der Waals surface area contributed by atoms with Gasteiger partial charge in [0.1, 0.15) is 5.82 Å². The van der Waals surface area contributed by atoms with E-state index < -0.39 is 0 Å². The SMILES string of the molecule is COc1cc(I)c(C(=O)NCc2nccn2C)cc1OC. The number of hydrogen-bond donors (Lipinski definition) is 1. The minimum atomic E-state index is -0.177. The summed E-state index contributed by atoms with van der Waals surface area (Å²) >= 11 is 2.10. The number of carbonyl (C=O) groups excluding carboxylic acids is 1. The Morgan fingerprint density at radius 3 is 2.57 bits per heavy atom. The number of hydrogen-bond acceptors (Lipinski definition) is 4. The molecule has 1 aromatic carbocycles. The van der Waals surface area contributed by atoms with Crippen LogP contribution in [0.4, 0.5) is 0 Å². The summed E-state index contributed by atoms with van der Waals surface area (Å²) in [5, 5.41) is 2.85. The molecule has 0 aliphatic carbocycles. The second kappa shape index (κ2) is 6.79. The summed E-state index contributed by atoms with van der Waals surface area (Å²) in [6.45, 7) is 0.368. The van der Waals surface area contributed by atoms with Gasteiger partial charge >= 0.3 is 0 Å². The van der Waals surface area contributed by atoms with E-state index in [4.69, 9.17) is 9.47 Å². The second-order valence-electron chi connectivity index (χ2n) is 4.32. The van der Waals surface area contributed by atoms with Crippen molar-refractivity contribution in [1.29, 1.82) is 0 Å². The van der Waals surface area contributed by atoms with Gasteiger partial charge in [-0.2, -0.15) is 0 Å². The topological polar surface area (TPSA) is 65.4 Å². The van der Waals surface area contributed by atoms with E-state index in [1.165, 1.54) is 0 Å². The number of nitrogens with one attached hydrogen (secondary N) is 1. The zero-order valence-corrected chi connectivity index (χ0v) is 14.2. The first-order chi connectivity index (χ1) is 10.1. The molecule has 2 aromatic rings. The quantitative estimate of drug-likeness (QED) is 0.779.